The van der Waals surface area contributed by atoms with Gasteiger partial charge in [-0.3, -0.25) is 0 Å². The van der Waals surface area contributed by atoms with Crippen LogP contribution in [-0.4, -0.2) is 40.9 Å². The molecule has 0 fully saturated rings. The van der Waals surface area contributed by atoms with Gasteiger partial charge in [0, 0.05) is 50.0 Å². The van der Waals surface area contributed by atoms with Crippen molar-refractivity contribution >= 4 is 0 Å². The van der Waals surface area contributed by atoms with Gasteiger partial charge < -0.3 is 40.9 Å². The third-order valence-corrected chi connectivity index (χ3v) is 6.64. The standard InChI is InChI=1S/C28H24O8/c29-21-9-22(30)14-1-13(21)5-15-2-17(25(33)10-23(15)31)7-19-4-20(28(36)12-27(19)35)8-18-3-16(6-14)24(32)11-26(18)34/h5-12,29-36H,1-4H2. The zero-order chi connectivity index (χ0) is 25.7. The summed E-state index contributed by atoms with van der Waals surface area (Å²) in [5, 5.41) is 83.7. The molecule has 184 valence electrons. The second-order valence-electron chi connectivity index (χ2n) is 9.15. The molecule has 0 aromatic carbocycles. The molecule has 0 amide bonds. The van der Waals surface area contributed by atoms with Crippen molar-refractivity contribution in [3.8, 4) is 0 Å². The van der Waals surface area contributed by atoms with Crippen molar-refractivity contribution in [1.82, 2.24) is 0 Å². The molecule has 5 rings (SSSR count). The number of aliphatic hydroxyl groups excluding tert-OH is 8. The molecular formula is C28H24O8. The number of fused-ring (bicyclic) bond motifs is 8. The van der Waals surface area contributed by atoms with Gasteiger partial charge in [0.15, 0.2) is 0 Å². The van der Waals surface area contributed by atoms with Gasteiger partial charge in [-0.05, 0) is 68.9 Å². The van der Waals surface area contributed by atoms with Crippen LogP contribution in [0.4, 0.5) is 0 Å². The first-order valence-corrected chi connectivity index (χ1v) is 11.2. The van der Waals surface area contributed by atoms with Crippen molar-refractivity contribution in [1.29, 1.82) is 0 Å². The first-order chi connectivity index (χ1) is 17.1. The van der Waals surface area contributed by atoms with Crippen LogP contribution < -0.4 is 0 Å². The van der Waals surface area contributed by atoms with Crippen molar-refractivity contribution < 1.29 is 40.9 Å². The van der Waals surface area contributed by atoms with Crippen molar-refractivity contribution in [2.45, 2.75) is 25.7 Å². The van der Waals surface area contributed by atoms with E-state index in [-0.39, 0.29) is 71.8 Å². The molecule has 8 nitrogen and oxygen atoms in total. The molecule has 0 aromatic rings. The fraction of sp³-hybridized carbons (Fsp3) is 0.143. The van der Waals surface area contributed by atoms with E-state index in [9.17, 15) is 40.9 Å². The molecular weight excluding hydrogens is 464 g/mol. The average molecular weight is 488 g/mol. The Hall–Kier alpha value is -4.72. The molecule has 0 aliphatic heterocycles. The van der Waals surface area contributed by atoms with Gasteiger partial charge in [0.05, 0.1) is 0 Å². The first kappa shape index (κ1) is 23.0. The van der Waals surface area contributed by atoms with E-state index in [2.05, 4.69) is 0 Å². The zero-order valence-electron chi connectivity index (χ0n) is 19.0. The predicted molar refractivity (Wildman–Crippen MR) is 132 cm³/mol. The molecule has 8 N–H and O–H groups in total. The maximum absolute atomic E-state index is 10.5. The van der Waals surface area contributed by atoms with Crippen LogP contribution in [0.1, 0.15) is 25.7 Å². The molecule has 5 aliphatic rings. The van der Waals surface area contributed by atoms with Gasteiger partial charge in [0.25, 0.3) is 0 Å². The van der Waals surface area contributed by atoms with E-state index in [0.717, 1.165) is 0 Å². The van der Waals surface area contributed by atoms with Gasteiger partial charge >= 0.3 is 0 Å². The summed E-state index contributed by atoms with van der Waals surface area (Å²) in [6, 6.07) is 0. The van der Waals surface area contributed by atoms with Crippen molar-refractivity contribution in [3.63, 3.8) is 0 Å². The Morgan fingerprint density at radius 2 is 0.500 bits per heavy atom. The molecule has 36 heavy (non-hydrogen) atoms. The summed E-state index contributed by atoms with van der Waals surface area (Å²) in [4.78, 5) is 0. The molecule has 0 unspecified atom stereocenters. The lowest BCUT2D eigenvalue weighted by atomic mass is 9.86. The van der Waals surface area contributed by atoms with Gasteiger partial charge in [-0.2, -0.15) is 0 Å². The summed E-state index contributed by atoms with van der Waals surface area (Å²) in [5.41, 5.74) is 3.19. The topological polar surface area (TPSA) is 162 Å². The van der Waals surface area contributed by atoms with Crippen LogP contribution >= 0.6 is 0 Å². The number of hydrogen-bond acceptors (Lipinski definition) is 8. The third-order valence-electron chi connectivity index (χ3n) is 6.64. The highest BCUT2D eigenvalue weighted by Gasteiger charge is 2.25. The molecule has 8 heteroatoms. The van der Waals surface area contributed by atoms with Gasteiger partial charge in [0.1, 0.15) is 46.1 Å². The maximum atomic E-state index is 10.5. The normalized spacial score (nSPS) is 22.7. The van der Waals surface area contributed by atoms with Crippen LogP contribution in [0, 0.1) is 0 Å². The first-order valence-electron chi connectivity index (χ1n) is 11.2. The Morgan fingerprint density at radius 3 is 0.694 bits per heavy atom. The van der Waals surface area contributed by atoms with E-state index in [1.165, 1.54) is 24.3 Å². The van der Waals surface area contributed by atoms with Crippen molar-refractivity contribution in [2.75, 3.05) is 0 Å². The molecule has 0 aromatic heterocycles. The molecule has 0 heterocycles. The minimum Gasteiger partial charge on any atom is -0.508 e. The second-order valence-corrected chi connectivity index (χ2v) is 9.15. The largest absolute Gasteiger partial charge is 0.508 e. The summed E-state index contributed by atoms with van der Waals surface area (Å²) in [7, 11) is 0. The fourth-order valence-electron chi connectivity index (χ4n) is 4.65. The van der Waals surface area contributed by atoms with Crippen LogP contribution in [-0.2, 0) is 0 Å². The number of allylic oxidation sites excluding steroid dienone is 16. The van der Waals surface area contributed by atoms with E-state index in [4.69, 9.17) is 0 Å². The molecule has 8 bridgehead atoms. The molecule has 0 saturated carbocycles. The van der Waals surface area contributed by atoms with Gasteiger partial charge in [0.2, 0.25) is 0 Å². The van der Waals surface area contributed by atoms with Crippen LogP contribution in [0.5, 0.6) is 0 Å². The molecule has 0 atom stereocenters. The van der Waals surface area contributed by atoms with Crippen molar-refractivity contribution in [3.05, 3.63) is 139 Å². The van der Waals surface area contributed by atoms with E-state index >= 15 is 0 Å². The quantitative estimate of drug-likeness (QED) is 0.196. The lowest BCUT2D eigenvalue weighted by molar-refractivity contribution is 0.382. The fourth-order valence-corrected chi connectivity index (χ4v) is 4.65. The second kappa shape index (κ2) is 8.49. The van der Waals surface area contributed by atoms with E-state index < -0.39 is 0 Å². The summed E-state index contributed by atoms with van der Waals surface area (Å²) in [6.45, 7) is 0. The van der Waals surface area contributed by atoms with Gasteiger partial charge in [-0.25, -0.2) is 0 Å². The summed E-state index contributed by atoms with van der Waals surface area (Å²) >= 11 is 0. The lowest BCUT2D eigenvalue weighted by Crippen LogP contribution is -2.09. The highest BCUT2D eigenvalue weighted by Crippen LogP contribution is 2.38. The van der Waals surface area contributed by atoms with E-state index in [1.807, 2.05) is 0 Å². The zero-order valence-corrected chi connectivity index (χ0v) is 19.0. The number of hydrogen-bond donors (Lipinski definition) is 8. The summed E-state index contributed by atoms with van der Waals surface area (Å²) in [6.07, 6.45) is 11.3. The molecule has 5 aliphatic carbocycles. The van der Waals surface area contributed by atoms with Gasteiger partial charge in [-0.1, -0.05) is 0 Å². The number of rotatable bonds is 0. The number of aliphatic hydroxyl groups is 8. The summed E-state index contributed by atoms with van der Waals surface area (Å²) in [5.74, 6) is -1.53. The van der Waals surface area contributed by atoms with Crippen LogP contribution in [0.25, 0.3) is 0 Å². The van der Waals surface area contributed by atoms with Crippen molar-refractivity contribution in [2.24, 2.45) is 0 Å². The Morgan fingerprint density at radius 1 is 0.306 bits per heavy atom. The highest BCUT2D eigenvalue weighted by molar-refractivity contribution is 5.57. The van der Waals surface area contributed by atoms with Gasteiger partial charge in [-0.15, -0.1) is 0 Å². The van der Waals surface area contributed by atoms with Crippen LogP contribution in [0.3, 0.4) is 0 Å². The van der Waals surface area contributed by atoms with E-state index in [1.54, 1.807) is 24.3 Å². The molecule has 0 radical (unpaired) electrons. The Balaban J connectivity index is 1.73. The minimum atomic E-state index is -0.192. The van der Waals surface area contributed by atoms with Crippen LogP contribution in [0.15, 0.2) is 139 Å². The molecule has 0 saturated heterocycles. The maximum Gasteiger partial charge on any atom is 0.122 e. The lowest BCUT2D eigenvalue weighted by Gasteiger charge is -2.22. The predicted octanol–water partition coefficient (Wildman–Crippen LogP) is 6.34. The molecule has 0 spiro atoms. The Labute approximate surface area is 206 Å². The minimum absolute atomic E-state index is 0.0814. The Bertz CT molecular complexity index is 1250. The highest BCUT2D eigenvalue weighted by atomic mass is 16.3. The average Bonchev–Trinajstić information content (AvgIpc) is 2.79. The van der Waals surface area contributed by atoms with Crippen LogP contribution in [0.2, 0.25) is 0 Å². The third kappa shape index (κ3) is 4.13. The smallest absolute Gasteiger partial charge is 0.122 e. The Kier molecular flexibility index (Phi) is 5.44. The van der Waals surface area contributed by atoms with E-state index in [0.29, 0.717) is 44.6 Å². The summed E-state index contributed by atoms with van der Waals surface area (Å²) < 4.78 is 0. The monoisotopic (exact) mass is 488 g/mol. The SMILES string of the molecule is OC1=CC(O)=C2C=C3CC(=C(O)C=C3O)C=C3CC(=C(O)C=C3O)C=C3CC(=C(O)C=C3O)C=C1C2.